The molecule has 1 saturated carbocycles. The van der Waals surface area contributed by atoms with Gasteiger partial charge in [-0.2, -0.15) is 0 Å². The quantitative estimate of drug-likeness (QED) is 0.868. The van der Waals surface area contributed by atoms with Crippen LogP contribution in [0.15, 0.2) is 12.1 Å². The third-order valence-corrected chi connectivity index (χ3v) is 5.16. The predicted molar refractivity (Wildman–Crippen MR) is 92.3 cm³/mol. The fourth-order valence-corrected chi connectivity index (χ4v) is 3.47. The molecule has 1 aromatic carbocycles. The van der Waals surface area contributed by atoms with Crippen molar-refractivity contribution >= 4 is 11.9 Å². The maximum absolute atomic E-state index is 12.5. The first-order valence-electron chi connectivity index (χ1n) is 8.46. The number of carboxylic acids is 1. The van der Waals surface area contributed by atoms with E-state index in [-0.39, 0.29) is 12.3 Å². The highest BCUT2D eigenvalue weighted by molar-refractivity contribution is 5.88. The predicted octanol–water partition coefficient (Wildman–Crippen LogP) is 3.00. The lowest BCUT2D eigenvalue weighted by Crippen LogP contribution is -2.56. The van der Waals surface area contributed by atoms with Crippen molar-refractivity contribution in [3.63, 3.8) is 0 Å². The summed E-state index contributed by atoms with van der Waals surface area (Å²) >= 11 is 0. The highest BCUT2D eigenvalue weighted by Crippen LogP contribution is 2.32. The van der Waals surface area contributed by atoms with Crippen molar-refractivity contribution in [2.75, 3.05) is 7.11 Å². The van der Waals surface area contributed by atoms with Gasteiger partial charge in [-0.05, 0) is 74.3 Å². The number of carbonyl (C=O) groups excluding carboxylic acids is 1. The van der Waals surface area contributed by atoms with Gasteiger partial charge < -0.3 is 15.2 Å². The molecule has 132 valence electrons. The Morgan fingerprint density at radius 3 is 2.25 bits per heavy atom. The largest absolute Gasteiger partial charge is 0.497 e. The van der Waals surface area contributed by atoms with E-state index in [2.05, 4.69) is 12.2 Å². The molecule has 0 heterocycles. The molecule has 0 atom stereocenters. The second kappa shape index (κ2) is 7.24. The molecule has 0 bridgehead atoms. The number of hydrogen-bond acceptors (Lipinski definition) is 3. The van der Waals surface area contributed by atoms with Crippen LogP contribution < -0.4 is 10.1 Å². The van der Waals surface area contributed by atoms with E-state index < -0.39 is 11.5 Å². The molecule has 1 aromatic rings. The van der Waals surface area contributed by atoms with Crippen molar-refractivity contribution in [2.45, 2.75) is 58.4 Å². The molecule has 1 fully saturated rings. The number of aryl methyl sites for hydroxylation is 2. The molecule has 0 spiro atoms. The van der Waals surface area contributed by atoms with Gasteiger partial charge in [0.1, 0.15) is 11.3 Å². The van der Waals surface area contributed by atoms with Crippen molar-refractivity contribution in [1.82, 2.24) is 5.32 Å². The molecule has 1 aliphatic carbocycles. The van der Waals surface area contributed by atoms with Gasteiger partial charge in [-0.25, -0.2) is 4.79 Å². The highest BCUT2D eigenvalue weighted by Gasteiger charge is 2.42. The number of amides is 1. The summed E-state index contributed by atoms with van der Waals surface area (Å²) in [5.74, 6) is 0.118. The fraction of sp³-hybridized carbons (Fsp3) is 0.579. The number of carbonyl (C=O) groups is 2. The number of benzene rings is 1. The van der Waals surface area contributed by atoms with Crippen molar-refractivity contribution in [2.24, 2.45) is 5.92 Å². The van der Waals surface area contributed by atoms with E-state index in [4.69, 9.17) is 4.74 Å². The molecule has 1 amide bonds. The van der Waals surface area contributed by atoms with Crippen LogP contribution in [0, 0.1) is 19.8 Å². The Morgan fingerprint density at radius 1 is 1.25 bits per heavy atom. The lowest BCUT2D eigenvalue weighted by atomic mass is 9.77. The van der Waals surface area contributed by atoms with Gasteiger partial charge in [-0.15, -0.1) is 0 Å². The Bertz CT molecular complexity index is 607. The van der Waals surface area contributed by atoms with Gasteiger partial charge in [0.05, 0.1) is 13.5 Å². The van der Waals surface area contributed by atoms with Crippen LogP contribution in [0.1, 0.15) is 49.3 Å². The minimum absolute atomic E-state index is 0.187. The van der Waals surface area contributed by atoms with E-state index >= 15 is 0 Å². The Kier molecular flexibility index (Phi) is 5.52. The van der Waals surface area contributed by atoms with Crippen molar-refractivity contribution in [1.29, 1.82) is 0 Å². The monoisotopic (exact) mass is 333 g/mol. The first-order valence-corrected chi connectivity index (χ1v) is 8.46. The van der Waals surface area contributed by atoms with Crippen LogP contribution in [0.2, 0.25) is 0 Å². The standard InChI is InChI=1S/C19H27NO4/c1-12-5-7-19(8-6-12,18(22)23)20-17(21)11-16-13(2)9-15(24-4)10-14(16)3/h9-10,12H,5-8,11H2,1-4H3,(H,20,21)(H,22,23). The van der Waals surface area contributed by atoms with Gasteiger partial charge in [-0.1, -0.05) is 6.92 Å². The number of methoxy groups -OCH3 is 1. The third kappa shape index (κ3) is 3.89. The van der Waals surface area contributed by atoms with E-state index in [1.807, 2.05) is 26.0 Å². The maximum Gasteiger partial charge on any atom is 0.329 e. The number of aliphatic carboxylic acids is 1. The van der Waals surface area contributed by atoms with Crippen LogP contribution in [0.4, 0.5) is 0 Å². The van der Waals surface area contributed by atoms with E-state index in [1.165, 1.54) is 0 Å². The summed E-state index contributed by atoms with van der Waals surface area (Å²) in [4.78, 5) is 24.3. The van der Waals surface area contributed by atoms with Gasteiger partial charge >= 0.3 is 5.97 Å². The third-order valence-electron chi connectivity index (χ3n) is 5.16. The molecule has 5 heteroatoms. The van der Waals surface area contributed by atoms with Crippen molar-refractivity contribution in [3.05, 3.63) is 28.8 Å². The zero-order valence-electron chi connectivity index (χ0n) is 14.9. The highest BCUT2D eigenvalue weighted by atomic mass is 16.5. The Labute approximate surface area is 143 Å². The topological polar surface area (TPSA) is 75.6 Å². The van der Waals surface area contributed by atoms with Crippen LogP contribution in [0.5, 0.6) is 5.75 Å². The molecular formula is C19H27NO4. The Balaban J connectivity index is 2.14. The van der Waals surface area contributed by atoms with E-state index in [9.17, 15) is 14.7 Å². The zero-order chi connectivity index (χ0) is 17.9. The molecule has 0 aliphatic heterocycles. The van der Waals surface area contributed by atoms with Gasteiger partial charge in [0.15, 0.2) is 0 Å². The van der Waals surface area contributed by atoms with Crippen molar-refractivity contribution in [3.8, 4) is 5.75 Å². The molecule has 24 heavy (non-hydrogen) atoms. The van der Waals surface area contributed by atoms with Crippen LogP contribution in [-0.2, 0) is 16.0 Å². The zero-order valence-corrected chi connectivity index (χ0v) is 14.9. The number of hydrogen-bond donors (Lipinski definition) is 2. The van der Waals surface area contributed by atoms with Gasteiger partial charge in [-0.3, -0.25) is 4.79 Å². The average molecular weight is 333 g/mol. The maximum atomic E-state index is 12.5. The number of rotatable bonds is 5. The molecule has 0 unspecified atom stereocenters. The van der Waals surface area contributed by atoms with Crippen LogP contribution in [-0.4, -0.2) is 29.6 Å². The lowest BCUT2D eigenvalue weighted by molar-refractivity contribution is -0.149. The van der Waals surface area contributed by atoms with E-state index in [0.717, 1.165) is 35.3 Å². The summed E-state index contributed by atoms with van der Waals surface area (Å²) in [6.45, 7) is 6.00. The van der Waals surface area contributed by atoms with Gasteiger partial charge in [0, 0.05) is 0 Å². The van der Waals surface area contributed by atoms with Crippen molar-refractivity contribution < 1.29 is 19.4 Å². The minimum atomic E-state index is -1.11. The molecule has 5 nitrogen and oxygen atoms in total. The first-order chi connectivity index (χ1) is 11.3. The second-order valence-electron chi connectivity index (χ2n) is 7.03. The number of nitrogens with one attached hydrogen (secondary N) is 1. The van der Waals surface area contributed by atoms with Gasteiger partial charge in [0.25, 0.3) is 0 Å². The fourth-order valence-electron chi connectivity index (χ4n) is 3.47. The summed E-state index contributed by atoms with van der Waals surface area (Å²) in [6.07, 6.45) is 2.83. The molecule has 2 rings (SSSR count). The van der Waals surface area contributed by atoms with Crippen LogP contribution >= 0.6 is 0 Å². The Hall–Kier alpha value is -2.04. The smallest absolute Gasteiger partial charge is 0.329 e. The van der Waals surface area contributed by atoms with Crippen LogP contribution in [0.25, 0.3) is 0 Å². The van der Waals surface area contributed by atoms with E-state index in [0.29, 0.717) is 18.8 Å². The normalized spacial score (nSPS) is 23.6. The minimum Gasteiger partial charge on any atom is -0.497 e. The lowest BCUT2D eigenvalue weighted by Gasteiger charge is -2.36. The summed E-state index contributed by atoms with van der Waals surface area (Å²) in [7, 11) is 1.61. The molecule has 2 N–H and O–H groups in total. The SMILES string of the molecule is COc1cc(C)c(CC(=O)NC2(C(=O)O)CCC(C)CC2)c(C)c1. The molecule has 0 saturated heterocycles. The molecule has 1 aliphatic rings. The first kappa shape index (κ1) is 18.3. The number of ether oxygens (including phenoxy) is 1. The average Bonchev–Trinajstić information content (AvgIpc) is 2.52. The summed E-state index contributed by atoms with van der Waals surface area (Å²) in [5.41, 5.74) is 1.77. The van der Waals surface area contributed by atoms with Gasteiger partial charge in [0.2, 0.25) is 5.91 Å². The molecule has 0 radical (unpaired) electrons. The number of carboxylic acid groups (broad SMARTS) is 1. The second-order valence-corrected chi connectivity index (χ2v) is 7.03. The molecule has 0 aromatic heterocycles. The summed E-state index contributed by atoms with van der Waals surface area (Å²) < 4.78 is 5.24. The molecular weight excluding hydrogens is 306 g/mol. The van der Waals surface area contributed by atoms with E-state index in [1.54, 1.807) is 7.11 Å². The Morgan fingerprint density at radius 2 is 1.79 bits per heavy atom. The summed E-state index contributed by atoms with van der Waals surface area (Å²) in [6, 6.07) is 3.79. The summed E-state index contributed by atoms with van der Waals surface area (Å²) in [5, 5.41) is 12.5. The van der Waals surface area contributed by atoms with Crippen LogP contribution in [0.3, 0.4) is 0 Å².